The molecule has 2 aromatic carbocycles. The van der Waals surface area contributed by atoms with Gasteiger partial charge in [-0.25, -0.2) is 4.79 Å². The molecule has 0 unspecified atom stereocenters. The number of carbonyl (C=O) groups is 2. The summed E-state index contributed by atoms with van der Waals surface area (Å²) < 4.78 is 0. The van der Waals surface area contributed by atoms with Crippen molar-refractivity contribution in [3.05, 3.63) is 64.2 Å². The van der Waals surface area contributed by atoms with E-state index < -0.39 is 10.9 Å². The zero-order valence-corrected chi connectivity index (χ0v) is 18.3. The second kappa shape index (κ2) is 11.3. The van der Waals surface area contributed by atoms with Crippen molar-refractivity contribution in [2.24, 2.45) is 11.1 Å². The Kier molecular flexibility index (Phi) is 8.25. The van der Waals surface area contributed by atoms with Crippen molar-refractivity contribution in [3.8, 4) is 11.1 Å². The standard InChI is InChI=1S/C25H28N2O5/c1-2-3-13-23(28)32-26-24(19-9-5-4-6-10-19)25(29)20-16-14-18(15-17-20)21-11-7-8-12-22(21)27(30)31/h7-8,11-12,14-17,19H,2-6,9-10,13H2,1H3/b26-24-. The summed E-state index contributed by atoms with van der Waals surface area (Å²) in [4.78, 5) is 41.2. The number of rotatable bonds is 9. The Labute approximate surface area is 187 Å². The number of unbranched alkanes of at least 4 members (excludes halogenated alkanes) is 1. The first-order valence-electron chi connectivity index (χ1n) is 11.2. The highest BCUT2D eigenvalue weighted by Gasteiger charge is 2.27. The number of benzene rings is 2. The average molecular weight is 437 g/mol. The maximum absolute atomic E-state index is 13.3. The van der Waals surface area contributed by atoms with Crippen LogP contribution in [0.4, 0.5) is 5.69 Å². The lowest BCUT2D eigenvalue weighted by Gasteiger charge is -2.22. The van der Waals surface area contributed by atoms with Gasteiger partial charge < -0.3 is 4.84 Å². The molecule has 1 aliphatic rings. The van der Waals surface area contributed by atoms with Crippen LogP contribution in [0.5, 0.6) is 0 Å². The third-order valence-corrected chi connectivity index (χ3v) is 5.76. The van der Waals surface area contributed by atoms with E-state index in [9.17, 15) is 19.7 Å². The molecule has 1 saturated carbocycles. The van der Waals surface area contributed by atoms with Crippen LogP contribution in [-0.4, -0.2) is 22.4 Å². The fraction of sp³-hybridized carbons (Fsp3) is 0.400. The molecule has 0 spiro atoms. The van der Waals surface area contributed by atoms with Crippen LogP contribution < -0.4 is 0 Å². The van der Waals surface area contributed by atoms with Gasteiger partial charge in [0.2, 0.25) is 5.78 Å². The molecule has 0 radical (unpaired) electrons. The Morgan fingerprint density at radius 1 is 1.06 bits per heavy atom. The molecule has 7 nitrogen and oxygen atoms in total. The molecule has 1 fully saturated rings. The first-order chi connectivity index (χ1) is 15.5. The monoisotopic (exact) mass is 436 g/mol. The highest BCUT2D eigenvalue weighted by Crippen LogP contribution is 2.30. The molecule has 0 N–H and O–H groups in total. The topological polar surface area (TPSA) is 98.9 Å². The maximum Gasteiger partial charge on any atom is 0.335 e. The first kappa shape index (κ1) is 23.3. The van der Waals surface area contributed by atoms with Crippen molar-refractivity contribution in [2.45, 2.75) is 58.3 Å². The van der Waals surface area contributed by atoms with E-state index >= 15 is 0 Å². The van der Waals surface area contributed by atoms with E-state index in [0.29, 0.717) is 23.1 Å². The summed E-state index contributed by atoms with van der Waals surface area (Å²) in [5, 5.41) is 15.3. The number of carbonyl (C=O) groups excluding carboxylic acids is 2. The SMILES string of the molecule is CCCCC(=O)O/N=C(\C(=O)c1ccc(-c2ccccc2[N+](=O)[O-])cc1)C1CCCCC1. The fourth-order valence-corrected chi connectivity index (χ4v) is 3.97. The number of nitrogens with zero attached hydrogens (tertiary/aromatic N) is 2. The Hall–Kier alpha value is -3.35. The van der Waals surface area contributed by atoms with E-state index in [2.05, 4.69) is 5.16 Å². The molecular formula is C25H28N2O5. The Morgan fingerprint density at radius 2 is 1.75 bits per heavy atom. The van der Waals surface area contributed by atoms with E-state index in [1.807, 2.05) is 6.92 Å². The van der Waals surface area contributed by atoms with Gasteiger partial charge >= 0.3 is 5.97 Å². The molecule has 3 rings (SSSR count). The van der Waals surface area contributed by atoms with Gasteiger partial charge in [0.25, 0.3) is 5.69 Å². The van der Waals surface area contributed by atoms with Gasteiger partial charge in [-0.1, -0.05) is 74.2 Å². The van der Waals surface area contributed by atoms with E-state index in [0.717, 1.165) is 38.5 Å². The molecule has 0 amide bonds. The van der Waals surface area contributed by atoms with Crippen molar-refractivity contribution < 1.29 is 19.3 Å². The van der Waals surface area contributed by atoms with Crippen LogP contribution in [0.1, 0.15) is 68.6 Å². The van der Waals surface area contributed by atoms with Gasteiger partial charge in [0, 0.05) is 24.0 Å². The largest absolute Gasteiger partial charge is 0.335 e. The van der Waals surface area contributed by atoms with Gasteiger partial charge in [-0.2, -0.15) is 0 Å². The average Bonchev–Trinajstić information content (AvgIpc) is 2.83. The molecule has 7 heteroatoms. The molecule has 0 aliphatic heterocycles. The molecule has 0 saturated heterocycles. The lowest BCUT2D eigenvalue weighted by atomic mass is 9.83. The van der Waals surface area contributed by atoms with E-state index in [-0.39, 0.29) is 29.5 Å². The lowest BCUT2D eigenvalue weighted by molar-refractivity contribution is -0.384. The summed E-state index contributed by atoms with van der Waals surface area (Å²) in [5.74, 6) is -0.737. The van der Waals surface area contributed by atoms with Crippen molar-refractivity contribution in [3.63, 3.8) is 0 Å². The van der Waals surface area contributed by atoms with Crippen LogP contribution in [0.2, 0.25) is 0 Å². The second-order valence-corrected chi connectivity index (χ2v) is 8.06. The number of hydrogen-bond donors (Lipinski definition) is 0. The van der Waals surface area contributed by atoms with Gasteiger partial charge in [0.1, 0.15) is 5.71 Å². The molecule has 32 heavy (non-hydrogen) atoms. The minimum Gasteiger partial charge on any atom is -0.318 e. The van der Waals surface area contributed by atoms with Gasteiger partial charge in [0.05, 0.1) is 10.5 Å². The normalized spacial score (nSPS) is 14.7. The van der Waals surface area contributed by atoms with E-state index in [4.69, 9.17) is 4.84 Å². The predicted molar refractivity (Wildman–Crippen MR) is 122 cm³/mol. The summed E-state index contributed by atoms with van der Waals surface area (Å²) in [6.45, 7) is 1.99. The number of Topliss-reactive ketones (excluding diaryl/α,β-unsaturated/α-hetero) is 1. The molecule has 2 aromatic rings. The molecule has 1 aliphatic carbocycles. The minimum atomic E-state index is -0.431. The highest BCUT2D eigenvalue weighted by molar-refractivity contribution is 6.46. The number of para-hydroxylation sites is 1. The van der Waals surface area contributed by atoms with Gasteiger partial charge in [-0.05, 0) is 30.9 Å². The summed E-state index contributed by atoms with van der Waals surface area (Å²) in [6.07, 6.45) is 6.69. The minimum absolute atomic E-state index is 0.00928. The first-order valence-corrected chi connectivity index (χ1v) is 11.2. The van der Waals surface area contributed by atoms with Crippen LogP contribution in [0, 0.1) is 16.0 Å². The number of oxime groups is 1. The van der Waals surface area contributed by atoms with E-state index in [1.165, 1.54) is 6.07 Å². The molecule has 0 aromatic heterocycles. The molecule has 0 atom stereocenters. The lowest BCUT2D eigenvalue weighted by Crippen LogP contribution is -2.27. The van der Waals surface area contributed by atoms with Crippen LogP contribution in [0.25, 0.3) is 11.1 Å². The van der Waals surface area contributed by atoms with E-state index in [1.54, 1.807) is 42.5 Å². The number of hydrogen-bond acceptors (Lipinski definition) is 6. The van der Waals surface area contributed by atoms with Gasteiger partial charge in [-0.3, -0.25) is 14.9 Å². The van der Waals surface area contributed by atoms with Crippen molar-refractivity contribution in [1.29, 1.82) is 0 Å². The third kappa shape index (κ3) is 5.87. The van der Waals surface area contributed by atoms with Crippen LogP contribution in [0.15, 0.2) is 53.7 Å². The zero-order chi connectivity index (χ0) is 22.9. The quantitative estimate of drug-likeness (QED) is 0.155. The summed E-state index contributed by atoms with van der Waals surface area (Å²) >= 11 is 0. The molecule has 0 heterocycles. The van der Waals surface area contributed by atoms with Crippen LogP contribution >= 0.6 is 0 Å². The predicted octanol–water partition coefficient (Wildman–Crippen LogP) is 6.11. The summed E-state index contributed by atoms with van der Waals surface area (Å²) in [6, 6.07) is 13.2. The zero-order valence-electron chi connectivity index (χ0n) is 18.3. The van der Waals surface area contributed by atoms with Crippen LogP contribution in [-0.2, 0) is 9.63 Å². The Bertz CT molecular complexity index is 992. The van der Waals surface area contributed by atoms with Crippen molar-refractivity contribution >= 4 is 23.2 Å². The molecular weight excluding hydrogens is 408 g/mol. The van der Waals surface area contributed by atoms with Crippen LogP contribution in [0.3, 0.4) is 0 Å². The number of nitro groups is 1. The molecule has 0 bridgehead atoms. The van der Waals surface area contributed by atoms with Crippen molar-refractivity contribution in [1.82, 2.24) is 0 Å². The second-order valence-electron chi connectivity index (χ2n) is 8.06. The fourth-order valence-electron chi connectivity index (χ4n) is 3.97. The van der Waals surface area contributed by atoms with Gasteiger partial charge in [0.15, 0.2) is 0 Å². The van der Waals surface area contributed by atoms with Gasteiger partial charge in [-0.15, -0.1) is 0 Å². The third-order valence-electron chi connectivity index (χ3n) is 5.76. The number of nitro benzene ring substituents is 1. The smallest absolute Gasteiger partial charge is 0.318 e. The summed E-state index contributed by atoms with van der Waals surface area (Å²) in [5.41, 5.74) is 1.85. The maximum atomic E-state index is 13.3. The molecule has 168 valence electrons. The van der Waals surface area contributed by atoms with Crippen molar-refractivity contribution in [2.75, 3.05) is 0 Å². The summed E-state index contributed by atoms with van der Waals surface area (Å²) in [7, 11) is 0. The highest BCUT2D eigenvalue weighted by atomic mass is 16.7. The number of ketones is 1. The Balaban J connectivity index is 1.84. The Morgan fingerprint density at radius 3 is 2.41 bits per heavy atom.